The summed E-state index contributed by atoms with van der Waals surface area (Å²) in [7, 11) is 0. The number of carbonyl (C=O) groups excluding carboxylic acids is 3. The summed E-state index contributed by atoms with van der Waals surface area (Å²) in [6.45, 7) is 1.40. The lowest BCUT2D eigenvalue weighted by Gasteiger charge is -2.11. The van der Waals surface area contributed by atoms with E-state index in [1.165, 1.54) is 0 Å². The summed E-state index contributed by atoms with van der Waals surface area (Å²) < 4.78 is 15.8. The molecule has 0 spiro atoms. The molecule has 1 atom stereocenters. The number of fused-ring (bicyclic) bond motifs is 1. The summed E-state index contributed by atoms with van der Waals surface area (Å²) >= 11 is 0. The van der Waals surface area contributed by atoms with Gasteiger partial charge in [-0.15, -0.1) is 0 Å². The fourth-order valence-electron chi connectivity index (χ4n) is 3.33. The van der Waals surface area contributed by atoms with Crippen LogP contribution in [0.5, 0.6) is 11.5 Å². The van der Waals surface area contributed by atoms with Crippen LogP contribution in [-0.4, -0.2) is 50.4 Å². The maximum absolute atomic E-state index is 12.2. The molecule has 0 aromatic heterocycles. The molecule has 1 unspecified atom stereocenters. The zero-order valence-corrected chi connectivity index (χ0v) is 17.3. The number of ether oxygens (including phenoxy) is 3. The molecule has 2 aliphatic rings. The van der Waals surface area contributed by atoms with Crippen molar-refractivity contribution in [2.24, 2.45) is 0 Å². The number of amides is 4. The van der Waals surface area contributed by atoms with Crippen LogP contribution in [0.4, 0.5) is 16.2 Å². The van der Waals surface area contributed by atoms with Crippen molar-refractivity contribution in [2.75, 3.05) is 37.1 Å². The molecule has 10 nitrogen and oxygen atoms in total. The molecule has 0 bridgehead atoms. The van der Waals surface area contributed by atoms with Crippen LogP contribution in [0.25, 0.3) is 0 Å². The summed E-state index contributed by atoms with van der Waals surface area (Å²) in [5.41, 5.74) is 1.54. The Balaban J connectivity index is 1.19. The van der Waals surface area contributed by atoms with E-state index in [9.17, 15) is 14.4 Å². The minimum atomic E-state index is -0.428. The molecule has 0 saturated carbocycles. The van der Waals surface area contributed by atoms with Crippen LogP contribution in [0.1, 0.15) is 23.2 Å². The Hall–Kier alpha value is -3.79. The number of carbonyl (C=O) groups is 3. The highest BCUT2D eigenvalue weighted by atomic mass is 16.7. The minimum Gasteiger partial charge on any atom is -0.454 e. The monoisotopic (exact) mass is 440 g/mol. The van der Waals surface area contributed by atoms with Crippen molar-refractivity contribution in [1.29, 1.82) is 0 Å². The van der Waals surface area contributed by atoms with Crippen LogP contribution < -0.4 is 30.7 Å². The van der Waals surface area contributed by atoms with Crippen molar-refractivity contribution in [3.63, 3.8) is 0 Å². The number of urea groups is 1. The van der Waals surface area contributed by atoms with E-state index in [4.69, 9.17) is 14.2 Å². The smallest absolute Gasteiger partial charge is 0.323 e. The largest absolute Gasteiger partial charge is 0.454 e. The molecule has 0 aliphatic carbocycles. The van der Waals surface area contributed by atoms with Crippen molar-refractivity contribution in [1.82, 2.24) is 10.6 Å². The fraction of sp³-hybridized carbons (Fsp3) is 0.318. The number of benzene rings is 2. The number of hydrogen-bond donors (Lipinski definition) is 4. The predicted molar refractivity (Wildman–Crippen MR) is 116 cm³/mol. The molecule has 2 aliphatic heterocycles. The molecule has 2 aromatic rings. The Kier molecular flexibility index (Phi) is 6.71. The number of hydrogen-bond acceptors (Lipinski definition) is 6. The minimum absolute atomic E-state index is 0.147. The summed E-state index contributed by atoms with van der Waals surface area (Å²) in [5, 5.41) is 10.9. The number of anilines is 2. The van der Waals surface area contributed by atoms with E-state index in [0.717, 1.165) is 12.8 Å². The first-order chi connectivity index (χ1) is 15.6. The molecule has 4 N–H and O–H groups in total. The Bertz CT molecular complexity index is 988. The second-order valence-corrected chi connectivity index (χ2v) is 7.27. The third kappa shape index (κ3) is 5.46. The van der Waals surface area contributed by atoms with Crippen LogP contribution >= 0.6 is 0 Å². The molecular formula is C22H24N4O6. The molecule has 4 amide bonds. The Morgan fingerprint density at radius 2 is 1.59 bits per heavy atom. The van der Waals surface area contributed by atoms with Gasteiger partial charge >= 0.3 is 6.03 Å². The zero-order valence-electron chi connectivity index (χ0n) is 17.3. The average Bonchev–Trinajstić information content (AvgIpc) is 3.48. The van der Waals surface area contributed by atoms with Gasteiger partial charge < -0.3 is 35.5 Å². The molecular weight excluding hydrogens is 416 g/mol. The second kappa shape index (κ2) is 10.0. The lowest BCUT2D eigenvalue weighted by atomic mass is 10.2. The first-order valence-electron chi connectivity index (χ1n) is 10.3. The highest BCUT2D eigenvalue weighted by molar-refractivity contribution is 6.00. The van der Waals surface area contributed by atoms with E-state index in [0.29, 0.717) is 48.1 Å². The van der Waals surface area contributed by atoms with Gasteiger partial charge in [0.2, 0.25) is 12.7 Å². The van der Waals surface area contributed by atoms with Crippen LogP contribution in [0.15, 0.2) is 42.5 Å². The lowest BCUT2D eigenvalue weighted by molar-refractivity contribution is -0.129. The molecule has 1 saturated heterocycles. The molecule has 4 rings (SSSR count). The Morgan fingerprint density at radius 1 is 0.875 bits per heavy atom. The van der Waals surface area contributed by atoms with Gasteiger partial charge in [-0.05, 0) is 49.2 Å². The van der Waals surface area contributed by atoms with Gasteiger partial charge in [0, 0.05) is 42.7 Å². The van der Waals surface area contributed by atoms with E-state index >= 15 is 0 Å². The quantitative estimate of drug-likeness (QED) is 0.488. The molecule has 32 heavy (non-hydrogen) atoms. The molecule has 2 aromatic carbocycles. The molecule has 0 radical (unpaired) electrons. The van der Waals surface area contributed by atoms with Crippen LogP contribution in [0.3, 0.4) is 0 Å². The van der Waals surface area contributed by atoms with Gasteiger partial charge in [0.05, 0.1) is 0 Å². The zero-order chi connectivity index (χ0) is 22.3. The van der Waals surface area contributed by atoms with E-state index in [2.05, 4.69) is 21.3 Å². The van der Waals surface area contributed by atoms with E-state index in [1.54, 1.807) is 42.5 Å². The van der Waals surface area contributed by atoms with Gasteiger partial charge in [0.15, 0.2) is 11.5 Å². The number of nitrogens with one attached hydrogen (secondary N) is 4. The summed E-state index contributed by atoms with van der Waals surface area (Å²) in [5.74, 6) is 0.790. The highest BCUT2D eigenvalue weighted by Crippen LogP contribution is 2.34. The van der Waals surface area contributed by atoms with Gasteiger partial charge in [-0.2, -0.15) is 0 Å². The predicted octanol–water partition coefficient (Wildman–Crippen LogP) is 2.08. The Morgan fingerprint density at radius 3 is 2.38 bits per heavy atom. The first kappa shape index (κ1) is 21.4. The van der Waals surface area contributed by atoms with Crippen molar-refractivity contribution < 1.29 is 28.6 Å². The average molecular weight is 440 g/mol. The maximum atomic E-state index is 12.2. The highest BCUT2D eigenvalue weighted by Gasteiger charge is 2.22. The van der Waals surface area contributed by atoms with Gasteiger partial charge in [-0.1, -0.05) is 0 Å². The fourth-order valence-corrected chi connectivity index (χ4v) is 3.33. The van der Waals surface area contributed by atoms with Gasteiger partial charge in [-0.3, -0.25) is 9.59 Å². The van der Waals surface area contributed by atoms with E-state index in [1.807, 2.05) is 0 Å². The molecule has 168 valence electrons. The van der Waals surface area contributed by atoms with Crippen molar-refractivity contribution >= 4 is 29.2 Å². The van der Waals surface area contributed by atoms with E-state index in [-0.39, 0.29) is 24.7 Å². The second-order valence-electron chi connectivity index (χ2n) is 7.27. The molecule has 1 fully saturated rings. The van der Waals surface area contributed by atoms with Crippen LogP contribution in [-0.2, 0) is 9.53 Å². The van der Waals surface area contributed by atoms with E-state index < -0.39 is 6.03 Å². The first-order valence-corrected chi connectivity index (χ1v) is 10.3. The van der Waals surface area contributed by atoms with Gasteiger partial charge in [0.25, 0.3) is 5.91 Å². The molecule has 10 heteroatoms. The lowest BCUT2D eigenvalue weighted by Crippen LogP contribution is -2.39. The normalized spacial score (nSPS) is 16.3. The maximum Gasteiger partial charge on any atom is 0.323 e. The molecule has 2 heterocycles. The van der Waals surface area contributed by atoms with Gasteiger partial charge in [0.1, 0.15) is 6.10 Å². The summed E-state index contributed by atoms with van der Waals surface area (Å²) in [6.07, 6.45) is 1.24. The third-order valence-corrected chi connectivity index (χ3v) is 4.97. The number of rotatable bonds is 7. The van der Waals surface area contributed by atoms with Gasteiger partial charge in [-0.25, -0.2) is 4.79 Å². The van der Waals surface area contributed by atoms with Crippen molar-refractivity contribution in [2.45, 2.75) is 18.9 Å². The summed E-state index contributed by atoms with van der Waals surface area (Å²) in [4.78, 5) is 36.3. The summed E-state index contributed by atoms with van der Waals surface area (Å²) in [6, 6.07) is 11.2. The van der Waals surface area contributed by atoms with Crippen LogP contribution in [0, 0.1) is 0 Å². The Labute approximate surface area is 184 Å². The van der Waals surface area contributed by atoms with Crippen LogP contribution in [0.2, 0.25) is 0 Å². The standard InChI is InChI=1S/C22H24N4O6/c27-20(23-9-10-24-21(28)18-2-1-11-30-18)14-3-5-15(6-4-14)25-22(29)26-16-7-8-17-19(12-16)32-13-31-17/h3-8,12,18H,1-2,9-11,13H2,(H,23,27)(H,24,28)(H2,25,26,29). The topological polar surface area (TPSA) is 127 Å². The van der Waals surface area contributed by atoms with Crippen molar-refractivity contribution in [3.05, 3.63) is 48.0 Å². The SMILES string of the molecule is O=C(Nc1ccc(C(=O)NCCNC(=O)C2CCCO2)cc1)Nc1ccc2c(c1)OCO2. The van der Waals surface area contributed by atoms with Crippen molar-refractivity contribution in [3.8, 4) is 11.5 Å². The third-order valence-electron chi connectivity index (χ3n) is 4.97.